The van der Waals surface area contributed by atoms with E-state index in [1.165, 1.54) is 6.07 Å². The molecule has 28 heavy (non-hydrogen) atoms. The Balaban J connectivity index is 1.50. The van der Waals surface area contributed by atoms with Crippen molar-refractivity contribution >= 4 is 49.7 Å². The fourth-order valence-corrected chi connectivity index (χ4v) is 5.65. The van der Waals surface area contributed by atoms with Crippen LogP contribution in [0.25, 0.3) is 11.0 Å². The number of imidazole rings is 1. The number of aryl methyl sites for hydroxylation is 3. The molecule has 0 spiro atoms. The van der Waals surface area contributed by atoms with Gasteiger partial charge in [0.1, 0.15) is 10.0 Å². The van der Waals surface area contributed by atoms with Crippen LogP contribution in [0.15, 0.2) is 64.9 Å². The van der Waals surface area contributed by atoms with Gasteiger partial charge in [-0.05, 0) is 48.4 Å². The maximum absolute atomic E-state index is 12.5. The Kier molecular flexibility index (Phi) is 5.14. The smallest absolute Gasteiger partial charge is 0.271 e. The van der Waals surface area contributed by atoms with Crippen LogP contribution in [0.5, 0.6) is 0 Å². The topological polar surface area (TPSA) is 64.0 Å². The predicted octanol–water partition coefficient (Wildman–Crippen LogP) is 4.87. The van der Waals surface area contributed by atoms with Crippen molar-refractivity contribution in [2.45, 2.75) is 17.1 Å². The average molecular weight is 432 g/mol. The highest BCUT2D eigenvalue weighted by atomic mass is 35.5. The summed E-state index contributed by atoms with van der Waals surface area (Å²) in [5.74, 6) is 1.00. The molecule has 1 N–H and O–H groups in total. The van der Waals surface area contributed by atoms with Crippen molar-refractivity contribution in [2.24, 2.45) is 7.05 Å². The second kappa shape index (κ2) is 7.58. The van der Waals surface area contributed by atoms with E-state index < -0.39 is 10.0 Å². The molecule has 4 rings (SSSR count). The third kappa shape index (κ3) is 3.92. The molecule has 4 aromatic rings. The lowest BCUT2D eigenvalue weighted by Crippen LogP contribution is -2.11. The molecule has 0 aliphatic heterocycles. The summed E-state index contributed by atoms with van der Waals surface area (Å²) in [6.07, 6.45) is 1.53. The Hall–Kier alpha value is -2.35. The highest BCUT2D eigenvalue weighted by Gasteiger charge is 2.17. The Morgan fingerprint density at radius 1 is 1.07 bits per heavy atom. The second-order valence-corrected chi connectivity index (χ2v) is 10.1. The number of aromatic nitrogens is 2. The number of benzene rings is 2. The molecule has 0 saturated carbocycles. The Morgan fingerprint density at radius 3 is 2.64 bits per heavy atom. The van der Waals surface area contributed by atoms with E-state index >= 15 is 0 Å². The summed E-state index contributed by atoms with van der Waals surface area (Å²) >= 11 is 6.89. The van der Waals surface area contributed by atoms with Gasteiger partial charge in [0.15, 0.2) is 0 Å². The van der Waals surface area contributed by atoms with Gasteiger partial charge in [0, 0.05) is 19.2 Å². The van der Waals surface area contributed by atoms with Crippen molar-refractivity contribution in [3.05, 3.63) is 76.4 Å². The summed E-state index contributed by atoms with van der Waals surface area (Å²) in [6.45, 7) is 0. The van der Waals surface area contributed by atoms with Crippen LogP contribution in [0.3, 0.4) is 0 Å². The first-order valence-electron chi connectivity index (χ1n) is 8.70. The van der Waals surface area contributed by atoms with E-state index in [0.29, 0.717) is 10.0 Å². The molecule has 0 aliphatic rings. The number of nitrogens with zero attached hydrogens (tertiary/aromatic N) is 2. The van der Waals surface area contributed by atoms with Gasteiger partial charge in [-0.15, -0.1) is 11.3 Å². The molecule has 2 aromatic carbocycles. The van der Waals surface area contributed by atoms with Crippen molar-refractivity contribution in [1.29, 1.82) is 0 Å². The monoisotopic (exact) mass is 431 g/mol. The first-order chi connectivity index (χ1) is 13.4. The number of nitrogens with one attached hydrogen (secondary N) is 1. The molecular weight excluding hydrogens is 414 g/mol. The van der Waals surface area contributed by atoms with E-state index in [0.717, 1.165) is 46.6 Å². The van der Waals surface area contributed by atoms with Gasteiger partial charge in [-0.3, -0.25) is 4.72 Å². The molecule has 0 unspecified atom stereocenters. The molecule has 5 nitrogen and oxygen atoms in total. The van der Waals surface area contributed by atoms with E-state index in [2.05, 4.69) is 15.4 Å². The molecular formula is C20H18ClN3O2S2. The highest BCUT2D eigenvalue weighted by molar-refractivity contribution is 7.94. The SMILES string of the molecule is Cn1c(CCc2cccc(NS(=O)(=O)c3ccc(Cl)s3)c2)nc2ccccc21. The molecule has 0 bridgehead atoms. The highest BCUT2D eigenvalue weighted by Crippen LogP contribution is 2.27. The lowest BCUT2D eigenvalue weighted by atomic mass is 10.1. The summed E-state index contributed by atoms with van der Waals surface area (Å²) in [7, 11) is -1.62. The predicted molar refractivity (Wildman–Crippen MR) is 115 cm³/mol. The Labute approximate surface area is 172 Å². The molecule has 0 aliphatic carbocycles. The maximum Gasteiger partial charge on any atom is 0.271 e. The number of hydrogen-bond acceptors (Lipinski definition) is 4. The number of thiophene rings is 1. The molecule has 8 heteroatoms. The van der Waals surface area contributed by atoms with Crippen LogP contribution in [-0.2, 0) is 29.9 Å². The first-order valence-corrected chi connectivity index (χ1v) is 11.4. The van der Waals surface area contributed by atoms with Gasteiger partial charge in [-0.25, -0.2) is 13.4 Å². The Morgan fingerprint density at radius 2 is 1.89 bits per heavy atom. The number of halogens is 1. The number of sulfonamides is 1. The summed E-state index contributed by atoms with van der Waals surface area (Å²) in [5, 5.41) is 0. The van der Waals surface area contributed by atoms with Crippen molar-refractivity contribution in [1.82, 2.24) is 9.55 Å². The normalized spacial score (nSPS) is 11.8. The van der Waals surface area contributed by atoms with Crippen LogP contribution >= 0.6 is 22.9 Å². The van der Waals surface area contributed by atoms with Gasteiger partial charge in [0.25, 0.3) is 10.0 Å². The summed E-state index contributed by atoms with van der Waals surface area (Å²) in [4.78, 5) is 4.69. The van der Waals surface area contributed by atoms with Gasteiger partial charge in [0.2, 0.25) is 0 Å². The quantitative estimate of drug-likeness (QED) is 0.473. The van der Waals surface area contributed by atoms with E-state index in [9.17, 15) is 8.42 Å². The molecule has 0 radical (unpaired) electrons. The molecule has 0 saturated heterocycles. The van der Waals surface area contributed by atoms with Crippen molar-refractivity contribution in [2.75, 3.05) is 4.72 Å². The van der Waals surface area contributed by atoms with Gasteiger partial charge in [-0.2, -0.15) is 0 Å². The molecule has 144 valence electrons. The number of fused-ring (bicyclic) bond motifs is 1. The zero-order valence-corrected chi connectivity index (χ0v) is 17.5. The maximum atomic E-state index is 12.5. The van der Waals surface area contributed by atoms with E-state index in [-0.39, 0.29) is 4.21 Å². The lowest BCUT2D eigenvalue weighted by molar-refractivity contribution is 0.603. The summed E-state index contributed by atoms with van der Waals surface area (Å²) < 4.78 is 30.3. The largest absolute Gasteiger partial charge is 0.331 e. The number of anilines is 1. The van der Waals surface area contributed by atoms with Gasteiger partial charge in [0.05, 0.1) is 15.4 Å². The minimum absolute atomic E-state index is 0.197. The summed E-state index contributed by atoms with van der Waals surface area (Å²) in [6, 6.07) is 18.6. The molecule has 2 aromatic heterocycles. The molecule has 0 fully saturated rings. The lowest BCUT2D eigenvalue weighted by Gasteiger charge is -2.08. The van der Waals surface area contributed by atoms with Gasteiger partial charge < -0.3 is 4.57 Å². The van der Waals surface area contributed by atoms with Crippen LogP contribution in [-0.4, -0.2) is 18.0 Å². The van der Waals surface area contributed by atoms with Crippen LogP contribution in [0, 0.1) is 0 Å². The molecule has 0 amide bonds. The second-order valence-electron chi connectivity index (χ2n) is 6.44. The van der Waals surface area contributed by atoms with Crippen LogP contribution in [0.1, 0.15) is 11.4 Å². The minimum Gasteiger partial charge on any atom is -0.331 e. The average Bonchev–Trinajstić information content (AvgIpc) is 3.25. The number of rotatable bonds is 6. The van der Waals surface area contributed by atoms with Crippen LogP contribution in [0.4, 0.5) is 5.69 Å². The van der Waals surface area contributed by atoms with Crippen LogP contribution < -0.4 is 4.72 Å². The molecule has 0 atom stereocenters. The van der Waals surface area contributed by atoms with E-state index in [4.69, 9.17) is 16.6 Å². The standard InChI is InChI=1S/C20H18ClN3O2S2/c1-24-17-8-3-2-7-16(17)22-19(24)11-9-14-5-4-6-15(13-14)23-28(25,26)20-12-10-18(21)27-20/h2-8,10,12-13,23H,9,11H2,1H3. The number of para-hydroxylation sites is 2. The third-order valence-corrected chi connectivity index (χ3v) is 7.61. The van der Waals surface area contributed by atoms with Crippen molar-refractivity contribution in [3.63, 3.8) is 0 Å². The minimum atomic E-state index is -3.63. The zero-order chi connectivity index (χ0) is 19.7. The fraction of sp³-hybridized carbons (Fsp3) is 0.150. The van der Waals surface area contributed by atoms with Crippen molar-refractivity contribution in [3.8, 4) is 0 Å². The Bertz CT molecular complexity index is 1250. The fourth-order valence-electron chi connectivity index (χ4n) is 3.11. The molecule has 2 heterocycles. The number of hydrogen-bond donors (Lipinski definition) is 1. The van der Waals surface area contributed by atoms with E-state index in [1.807, 2.05) is 43.4 Å². The zero-order valence-electron chi connectivity index (χ0n) is 15.1. The van der Waals surface area contributed by atoms with Gasteiger partial charge >= 0.3 is 0 Å². The summed E-state index contributed by atoms with van der Waals surface area (Å²) in [5.41, 5.74) is 3.66. The van der Waals surface area contributed by atoms with Crippen LogP contribution in [0.2, 0.25) is 4.34 Å². The van der Waals surface area contributed by atoms with Gasteiger partial charge in [-0.1, -0.05) is 35.9 Å². The van der Waals surface area contributed by atoms with E-state index in [1.54, 1.807) is 12.1 Å². The van der Waals surface area contributed by atoms with Crippen molar-refractivity contribution < 1.29 is 8.42 Å². The first kappa shape index (κ1) is 19.0. The third-order valence-electron chi connectivity index (χ3n) is 4.51.